The number of hydrogen-bond acceptors (Lipinski definition) is 1. The van der Waals surface area contributed by atoms with Gasteiger partial charge in [-0.1, -0.05) is 37.3 Å². The Morgan fingerprint density at radius 1 is 1.05 bits per heavy atom. The molecule has 0 aliphatic heterocycles. The van der Waals surface area contributed by atoms with Gasteiger partial charge >= 0.3 is 0 Å². The minimum atomic E-state index is -0.139. The summed E-state index contributed by atoms with van der Waals surface area (Å²) >= 11 is 0. The molecule has 0 atom stereocenters. The van der Waals surface area contributed by atoms with Gasteiger partial charge in [-0.05, 0) is 48.6 Å². The fourth-order valence-corrected chi connectivity index (χ4v) is 2.21. The van der Waals surface area contributed by atoms with E-state index in [2.05, 4.69) is 37.4 Å². The first-order valence-corrected chi connectivity index (χ1v) is 6.69. The first-order valence-electron chi connectivity index (χ1n) is 6.69. The summed E-state index contributed by atoms with van der Waals surface area (Å²) in [5.74, 6) is -0.139. The van der Waals surface area contributed by atoms with Crippen LogP contribution in [0.15, 0.2) is 36.4 Å². The van der Waals surface area contributed by atoms with Gasteiger partial charge < -0.3 is 5.32 Å². The molecule has 0 saturated carbocycles. The molecule has 1 N–H and O–H groups in total. The number of para-hydroxylation sites is 1. The van der Waals surface area contributed by atoms with E-state index >= 15 is 0 Å². The second-order valence-corrected chi connectivity index (χ2v) is 4.90. The molecule has 0 bridgehead atoms. The fraction of sp³-hybridized carbons (Fsp3) is 0.294. The largest absolute Gasteiger partial charge is 0.381 e. The second-order valence-electron chi connectivity index (χ2n) is 4.90. The van der Waals surface area contributed by atoms with Crippen molar-refractivity contribution in [3.05, 3.63) is 64.5 Å². The van der Waals surface area contributed by atoms with Crippen LogP contribution < -0.4 is 5.32 Å². The molecule has 0 amide bonds. The Balaban J connectivity index is 2.16. The van der Waals surface area contributed by atoms with E-state index in [-0.39, 0.29) is 5.82 Å². The van der Waals surface area contributed by atoms with Gasteiger partial charge in [0.1, 0.15) is 5.82 Å². The molecule has 2 rings (SSSR count). The maximum absolute atomic E-state index is 13.5. The van der Waals surface area contributed by atoms with Crippen molar-refractivity contribution in [1.29, 1.82) is 0 Å². The second kappa shape index (κ2) is 5.87. The lowest BCUT2D eigenvalue weighted by molar-refractivity contribution is 0.616. The molecule has 2 heteroatoms. The van der Waals surface area contributed by atoms with Crippen LogP contribution in [0.1, 0.15) is 29.2 Å². The van der Waals surface area contributed by atoms with Crippen LogP contribution in [0.5, 0.6) is 0 Å². The zero-order valence-corrected chi connectivity index (χ0v) is 11.8. The van der Waals surface area contributed by atoms with Gasteiger partial charge in [0.25, 0.3) is 0 Å². The molecule has 100 valence electrons. The standard InChI is InChI=1S/C17H20FN/c1-4-15-7-5-6-13(3)17(15)19-11-14-9-8-12(2)16(18)10-14/h5-10,19H,4,11H2,1-3H3. The predicted octanol–water partition coefficient (Wildman–Crippen LogP) is 4.62. The lowest BCUT2D eigenvalue weighted by atomic mass is 10.1. The predicted molar refractivity (Wildman–Crippen MR) is 79.0 cm³/mol. The van der Waals surface area contributed by atoms with E-state index in [9.17, 15) is 4.39 Å². The van der Waals surface area contributed by atoms with E-state index in [0.29, 0.717) is 12.1 Å². The Morgan fingerprint density at radius 3 is 2.53 bits per heavy atom. The summed E-state index contributed by atoms with van der Waals surface area (Å²) in [6.07, 6.45) is 0.992. The summed E-state index contributed by atoms with van der Waals surface area (Å²) in [5, 5.41) is 3.43. The normalized spacial score (nSPS) is 10.5. The molecule has 0 radical (unpaired) electrons. The molecule has 0 spiro atoms. The maximum atomic E-state index is 13.5. The lowest BCUT2D eigenvalue weighted by Crippen LogP contribution is -2.04. The first-order chi connectivity index (χ1) is 9.11. The van der Waals surface area contributed by atoms with Crippen molar-refractivity contribution < 1.29 is 4.39 Å². The van der Waals surface area contributed by atoms with Crippen LogP contribution in [-0.4, -0.2) is 0 Å². The molecular weight excluding hydrogens is 237 g/mol. The number of halogens is 1. The zero-order chi connectivity index (χ0) is 13.8. The zero-order valence-electron chi connectivity index (χ0n) is 11.8. The van der Waals surface area contributed by atoms with Crippen molar-refractivity contribution >= 4 is 5.69 Å². The highest BCUT2D eigenvalue weighted by atomic mass is 19.1. The average molecular weight is 257 g/mol. The first kappa shape index (κ1) is 13.6. The van der Waals surface area contributed by atoms with Crippen LogP contribution in [0.3, 0.4) is 0 Å². The van der Waals surface area contributed by atoms with E-state index in [1.807, 2.05) is 12.1 Å². The van der Waals surface area contributed by atoms with Crippen LogP contribution in [0.25, 0.3) is 0 Å². The van der Waals surface area contributed by atoms with Gasteiger partial charge in [-0.2, -0.15) is 0 Å². The quantitative estimate of drug-likeness (QED) is 0.843. The third-order valence-corrected chi connectivity index (χ3v) is 3.45. The Hall–Kier alpha value is -1.83. The Labute approximate surface area is 114 Å². The lowest BCUT2D eigenvalue weighted by Gasteiger charge is -2.14. The van der Waals surface area contributed by atoms with Crippen molar-refractivity contribution in [2.75, 3.05) is 5.32 Å². The van der Waals surface area contributed by atoms with Crippen molar-refractivity contribution in [3.8, 4) is 0 Å². The molecule has 1 nitrogen and oxygen atoms in total. The van der Waals surface area contributed by atoms with Gasteiger partial charge in [-0.25, -0.2) is 4.39 Å². The average Bonchev–Trinajstić information content (AvgIpc) is 2.41. The summed E-state index contributed by atoms with van der Waals surface area (Å²) in [6, 6.07) is 11.7. The van der Waals surface area contributed by atoms with Gasteiger partial charge in [0.2, 0.25) is 0 Å². The molecule has 0 aliphatic carbocycles. The molecule has 0 saturated heterocycles. The van der Waals surface area contributed by atoms with Crippen LogP contribution in [0.4, 0.5) is 10.1 Å². The minimum Gasteiger partial charge on any atom is -0.381 e. The molecule has 0 aromatic heterocycles. The molecular formula is C17H20FN. The molecule has 0 aliphatic rings. The molecule has 0 heterocycles. The Morgan fingerprint density at radius 2 is 1.84 bits per heavy atom. The molecule has 0 unspecified atom stereocenters. The fourth-order valence-electron chi connectivity index (χ4n) is 2.21. The van der Waals surface area contributed by atoms with E-state index in [1.54, 1.807) is 13.0 Å². The summed E-state index contributed by atoms with van der Waals surface area (Å²) in [6.45, 7) is 6.67. The summed E-state index contributed by atoms with van der Waals surface area (Å²) in [5.41, 5.74) is 5.35. The summed E-state index contributed by atoms with van der Waals surface area (Å²) in [4.78, 5) is 0. The van der Waals surface area contributed by atoms with E-state index in [0.717, 1.165) is 12.0 Å². The number of nitrogens with one attached hydrogen (secondary N) is 1. The van der Waals surface area contributed by atoms with Crippen molar-refractivity contribution in [1.82, 2.24) is 0 Å². The smallest absolute Gasteiger partial charge is 0.126 e. The number of hydrogen-bond donors (Lipinski definition) is 1. The molecule has 2 aromatic carbocycles. The van der Waals surface area contributed by atoms with Crippen LogP contribution in [-0.2, 0) is 13.0 Å². The Kier molecular flexibility index (Phi) is 4.20. The van der Waals surface area contributed by atoms with Gasteiger partial charge in [0.15, 0.2) is 0 Å². The van der Waals surface area contributed by atoms with Crippen molar-refractivity contribution in [2.24, 2.45) is 0 Å². The summed E-state index contributed by atoms with van der Waals surface area (Å²) < 4.78 is 13.5. The maximum Gasteiger partial charge on any atom is 0.126 e. The monoisotopic (exact) mass is 257 g/mol. The SMILES string of the molecule is CCc1cccc(C)c1NCc1ccc(C)c(F)c1. The van der Waals surface area contributed by atoms with E-state index < -0.39 is 0 Å². The third-order valence-electron chi connectivity index (χ3n) is 3.45. The highest BCUT2D eigenvalue weighted by Gasteiger charge is 2.04. The van der Waals surface area contributed by atoms with Crippen LogP contribution >= 0.6 is 0 Å². The van der Waals surface area contributed by atoms with Crippen molar-refractivity contribution in [2.45, 2.75) is 33.7 Å². The van der Waals surface area contributed by atoms with Gasteiger partial charge in [0, 0.05) is 12.2 Å². The minimum absolute atomic E-state index is 0.139. The summed E-state index contributed by atoms with van der Waals surface area (Å²) in [7, 11) is 0. The highest BCUT2D eigenvalue weighted by molar-refractivity contribution is 5.57. The van der Waals surface area contributed by atoms with Gasteiger partial charge in [0.05, 0.1) is 0 Å². The van der Waals surface area contributed by atoms with Gasteiger partial charge in [-0.3, -0.25) is 0 Å². The van der Waals surface area contributed by atoms with E-state index in [4.69, 9.17) is 0 Å². The number of anilines is 1. The van der Waals surface area contributed by atoms with Crippen LogP contribution in [0.2, 0.25) is 0 Å². The number of aryl methyl sites for hydroxylation is 3. The number of benzene rings is 2. The van der Waals surface area contributed by atoms with E-state index in [1.165, 1.54) is 16.8 Å². The van der Waals surface area contributed by atoms with Gasteiger partial charge in [-0.15, -0.1) is 0 Å². The molecule has 2 aromatic rings. The van der Waals surface area contributed by atoms with Crippen LogP contribution in [0, 0.1) is 19.7 Å². The third kappa shape index (κ3) is 3.14. The number of rotatable bonds is 4. The van der Waals surface area contributed by atoms with Crippen molar-refractivity contribution in [3.63, 3.8) is 0 Å². The topological polar surface area (TPSA) is 12.0 Å². The molecule has 0 fully saturated rings. The highest BCUT2D eigenvalue weighted by Crippen LogP contribution is 2.22. The Bertz CT molecular complexity index is 575. The molecule has 19 heavy (non-hydrogen) atoms.